The minimum absolute atomic E-state index is 0.0264. The fourth-order valence-corrected chi connectivity index (χ4v) is 2.47. The van der Waals surface area contributed by atoms with Gasteiger partial charge in [0.05, 0.1) is 0 Å². The molecule has 1 saturated heterocycles. The van der Waals surface area contributed by atoms with Crippen molar-refractivity contribution in [2.75, 3.05) is 33.7 Å². The number of rotatable bonds is 4. The quantitative estimate of drug-likeness (QED) is 0.780. The van der Waals surface area contributed by atoms with Crippen LogP contribution in [0.4, 0.5) is 4.79 Å². The number of hydrogen-bond donors (Lipinski definition) is 1. The Kier molecular flexibility index (Phi) is 6.20. The highest BCUT2D eigenvalue weighted by Crippen LogP contribution is 2.18. The van der Waals surface area contributed by atoms with Crippen molar-refractivity contribution >= 4 is 17.9 Å². The molecule has 1 aliphatic heterocycles. The molecule has 0 radical (unpaired) electrons. The number of nitrogens with one attached hydrogen (secondary N) is 1. The number of carbonyl (C=O) groups is 3. The average Bonchev–Trinajstić information content (AvgIpc) is 2.43. The van der Waals surface area contributed by atoms with Crippen molar-refractivity contribution < 1.29 is 19.1 Å². The Morgan fingerprint density at radius 3 is 2.23 bits per heavy atom. The van der Waals surface area contributed by atoms with Gasteiger partial charge in [0, 0.05) is 40.7 Å². The predicted octanol–water partition coefficient (Wildman–Crippen LogP) is 0.838. The van der Waals surface area contributed by atoms with E-state index < -0.39 is 11.6 Å². The lowest BCUT2D eigenvalue weighted by atomic mass is 9.96. The van der Waals surface area contributed by atoms with Crippen LogP contribution in [0.5, 0.6) is 0 Å². The number of hydrogen-bond acceptors (Lipinski definition) is 4. The standard InChI is InChI=1S/C15H27N3O4/c1-11(19)22-15(2,3)13(20)16-10-12-6-8-18(9-7-12)14(21)17(4)5/h12H,6-10H2,1-5H3,(H,16,20). The van der Waals surface area contributed by atoms with Crippen LogP contribution in [0.25, 0.3) is 0 Å². The van der Waals surface area contributed by atoms with Crippen molar-refractivity contribution in [3.05, 3.63) is 0 Å². The molecule has 0 aromatic carbocycles. The van der Waals surface area contributed by atoms with Gasteiger partial charge in [0.15, 0.2) is 5.60 Å². The second-order valence-corrected chi connectivity index (χ2v) is 6.42. The summed E-state index contributed by atoms with van der Waals surface area (Å²) in [5.74, 6) is -0.437. The Bertz CT molecular complexity index is 427. The molecular formula is C15H27N3O4. The maximum Gasteiger partial charge on any atom is 0.319 e. The maximum atomic E-state index is 12.0. The number of urea groups is 1. The largest absolute Gasteiger partial charge is 0.450 e. The van der Waals surface area contributed by atoms with Crippen LogP contribution in [0.2, 0.25) is 0 Å². The summed E-state index contributed by atoms with van der Waals surface area (Å²) >= 11 is 0. The first-order valence-electron chi connectivity index (χ1n) is 7.57. The molecule has 0 aromatic heterocycles. The van der Waals surface area contributed by atoms with E-state index in [-0.39, 0.29) is 11.9 Å². The molecule has 0 aliphatic carbocycles. The van der Waals surface area contributed by atoms with Crippen LogP contribution in [-0.4, -0.2) is 67.0 Å². The fraction of sp³-hybridized carbons (Fsp3) is 0.800. The van der Waals surface area contributed by atoms with Gasteiger partial charge in [0.1, 0.15) is 0 Å². The smallest absolute Gasteiger partial charge is 0.319 e. The van der Waals surface area contributed by atoms with Gasteiger partial charge in [-0.05, 0) is 32.6 Å². The summed E-state index contributed by atoms with van der Waals surface area (Å²) in [4.78, 5) is 38.3. The Balaban J connectivity index is 2.37. The highest BCUT2D eigenvalue weighted by molar-refractivity contribution is 5.86. The van der Waals surface area contributed by atoms with Crippen molar-refractivity contribution in [2.45, 2.75) is 39.2 Å². The van der Waals surface area contributed by atoms with Crippen LogP contribution < -0.4 is 5.32 Å². The maximum absolute atomic E-state index is 12.0. The summed E-state index contributed by atoms with van der Waals surface area (Å²) < 4.78 is 5.00. The number of piperidine rings is 1. The molecule has 7 heteroatoms. The second-order valence-electron chi connectivity index (χ2n) is 6.42. The minimum atomic E-state index is -1.16. The van der Waals surface area contributed by atoms with E-state index in [4.69, 9.17) is 4.74 Å². The van der Waals surface area contributed by atoms with Gasteiger partial charge in [-0.2, -0.15) is 0 Å². The number of carbonyl (C=O) groups excluding carboxylic acids is 3. The summed E-state index contributed by atoms with van der Waals surface area (Å²) in [6.07, 6.45) is 1.71. The molecule has 7 nitrogen and oxygen atoms in total. The van der Waals surface area contributed by atoms with E-state index in [2.05, 4.69) is 5.32 Å². The van der Waals surface area contributed by atoms with Crippen LogP contribution in [0.3, 0.4) is 0 Å². The monoisotopic (exact) mass is 313 g/mol. The zero-order chi connectivity index (χ0) is 16.9. The van der Waals surface area contributed by atoms with Gasteiger partial charge in [-0.25, -0.2) is 4.79 Å². The van der Waals surface area contributed by atoms with E-state index in [0.29, 0.717) is 25.6 Å². The number of ether oxygens (including phenoxy) is 1. The van der Waals surface area contributed by atoms with Gasteiger partial charge < -0.3 is 19.9 Å². The highest BCUT2D eigenvalue weighted by Gasteiger charge is 2.32. The van der Waals surface area contributed by atoms with E-state index in [1.807, 2.05) is 4.90 Å². The Labute approximate surface area is 132 Å². The Morgan fingerprint density at radius 2 is 1.77 bits per heavy atom. The molecule has 0 saturated carbocycles. The molecule has 22 heavy (non-hydrogen) atoms. The lowest BCUT2D eigenvalue weighted by Gasteiger charge is -2.34. The fourth-order valence-electron chi connectivity index (χ4n) is 2.47. The Morgan fingerprint density at radius 1 is 1.23 bits per heavy atom. The van der Waals surface area contributed by atoms with Gasteiger partial charge >= 0.3 is 12.0 Å². The van der Waals surface area contributed by atoms with Gasteiger partial charge in [-0.15, -0.1) is 0 Å². The molecule has 0 atom stereocenters. The van der Waals surface area contributed by atoms with Gasteiger partial charge in [-0.1, -0.05) is 0 Å². The highest BCUT2D eigenvalue weighted by atomic mass is 16.6. The zero-order valence-electron chi connectivity index (χ0n) is 14.1. The second kappa shape index (κ2) is 7.47. The topological polar surface area (TPSA) is 79.0 Å². The van der Waals surface area contributed by atoms with Crippen molar-refractivity contribution in [2.24, 2.45) is 5.92 Å². The summed E-state index contributed by atoms with van der Waals surface area (Å²) in [7, 11) is 3.48. The SMILES string of the molecule is CC(=O)OC(C)(C)C(=O)NCC1CCN(C(=O)N(C)C)CC1. The van der Waals surface area contributed by atoms with E-state index in [0.717, 1.165) is 12.8 Å². The summed E-state index contributed by atoms with van der Waals surface area (Å²) in [5.41, 5.74) is -1.16. The van der Waals surface area contributed by atoms with Crippen LogP contribution >= 0.6 is 0 Å². The van der Waals surface area contributed by atoms with Gasteiger partial charge in [-0.3, -0.25) is 9.59 Å². The Hall–Kier alpha value is -1.79. The van der Waals surface area contributed by atoms with Gasteiger partial charge in [0.25, 0.3) is 5.91 Å². The molecular weight excluding hydrogens is 286 g/mol. The molecule has 0 bridgehead atoms. The third-order valence-corrected chi connectivity index (χ3v) is 3.76. The molecule has 0 aromatic rings. The van der Waals surface area contributed by atoms with E-state index in [1.165, 1.54) is 6.92 Å². The van der Waals surface area contributed by atoms with E-state index >= 15 is 0 Å². The molecule has 3 amide bonds. The van der Waals surface area contributed by atoms with Crippen LogP contribution in [0, 0.1) is 5.92 Å². The lowest BCUT2D eigenvalue weighted by molar-refractivity contribution is -0.163. The molecule has 126 valence electrons. The molecule has 1 N–H and O–H groups in total. The molecule has 1 aliphatic rings. The number of amides is 3. The first kappa shape index (κ1) is 18.3. The lowest BCUT2D eigenvalue weighted by Crippen LogP contribution is -2.49. The number of nitrogens with zero attached hydrogens (tertiary/aromatic N) is 2. The third kappa shape index (κ3) is 5.20. The number of esters is 1. The average molecular weight is 313 g/mol. The predicted molar refractivity (Wildman–Crippen MR) is 82.2 cm³/mol. The van der Waals surface area contributed by atoms with E-state index in [1.54, 1.807) is 32.8 Å². The zero-order valence-corrected chi connectivity index (χ0v) is 14.1. The van der Waals surface area contributed by atoms with Crippen LogP contribution in [0.1, 0.15) is 33.6 Å². The van der Waals surface area contributed by atoms with Crippen molar-refractivity contribution in [1.82, 2.24) is 15.1 Å². The summed E-state index contributed by atoms with van der Waals surface area (Å²) in [5, 5.41) is 2.83. The van der Waals surface area contributed by atoms with Crippen LogP contribution in [-0.2, 0) is 14.3 Å². The van der Waals surface area contributed by atoms with Crippen molar-refractivity contribution in [1.29, 1.82) is 0 Å². The van der Waals surface area contributed by atoms with Crippen molar-refractivity contribution in [3.63, 3.8) is 0 Å². The first-order valence-corrected chi connectivity index (χ1v) is 7.57. The van der Waals surface area contributed by atoms with Crippen LogP contribution in [0.15, 0.2) is 0 Å². The normalized spacial score (nSPS) is 16.1. The molecule has 1 fully saturated rings. The van der Waals surface area contributed by atoms with Gasteiger partial charge in [0.2, 0.25) is 0 Å². The van der Waals surface area contributed by atoms with E-state index in [9.17, 15) is 14.4 Å². The molecule has 0 unspecified atom stereocenters. The summed E-state index contributed by atoms with van der Waals surface area (Å²) in [6.45, 7) is 6.36. The third-order valence-electron chi connectivity index (χ3n) is 3.76. The van der Waals surface area contributed by atoms with Crippen molar-refractivity contribution in [3.8, 4) is 0 Å². The minimum Gasteiger partial charge on any atom is -0.450 e. The summed E-state index contributed by atoms with van der Waals surface area (Å²) in [6, 6.07) is 0.0264. The number of likely N-dealkylation sites (tertiary alicyclic amines) is 1. The first-order chi connectivity index (χ1) is 10.1. The molecule has 1 rings (SSSR count). The molecule has 0 spiro atoms. The molecule has 1 heterocycles.